The summed E-state index contributed by atoms with van der Waals surface area (Å²) in [5, 5.41) is 11.4. The van der Waals surface area contributed by atoms with Gasteiger partial charge >= 0.3 is 5.97 Å². The van der Waals surface area contributed by atoms with Gasteiger partial charge in [0.2, 0.25) is 0 Å². The molecule has 0 fully saturated rings. The molecule has 1 aromatic carbocycles. The van der Waals surface area contributed by atoms with Crippen LogP contribution in [0.1, 0.15) is 5.56 Å². The summed E-state index contributed by atoms with van der Waals surface area (Å²) in [6.45, 7) is 0. The fraction of sp³-hybridized carbons (Fsp3) is 0.0909. The van der Waals surface area contributed by atoms with Gasteiger partial charge in [0.05, 0.1) is 13.3 Å². The Morgan fingerprint density at radius 3 is 2.60 bits per heavy atom. The number of methoxy groups -OCH3 is 1. The Morgan fingerprint density at radius 2 is 2.07 bits per heavy atom. The minimum atomic E-state index is -0.492. The summed E-state index contributed by atoms with van der Waals surface area (Å²) in [6, 6.07) is 9.11. The number of oxime groups is 1. The number of hydrogen-bond donors (Lipinski definition) is 1. The molecule has 0 radical (unpaired) electrons. The van der Waals surface area contributed by atoms with Crippen LogP contribution in [0.4, 0.5) is 0 Å². The molecule has 1 N–H and O–H groups in total. The van der Waals surface area contributed by atoms with Crippen molar-refractivity contribution in [2.75, 3.05) is 7.11 Å². The van der Waals surface area contributed by atoms with Gasteiger partial charge in [0.25, 0.3) is 0 Å². The van der Waals surface area contributed by atoms with E-state index in [2.05, 4.69) is 9.89 Å². The van der Waals surface area contributed by atoms with Crippen LogP contribution in [0.5, 0.6) is 0 Å². The van der Waals surface area contributed by atoms with E-state index in [-0.39, 0.29) is 0 Å². The van der Waals surface area contributed by atoms with Crippen molar-refractivity contribution in [1.82, 2.24) is 0 Å². The van der Waals surface area contributed by atoms with E-state index in [0.717, 1.165) is 5.56 Å². The van der Waals surface area contributed by atoms with Crippen LogP contribution in [0.2, 0.25) is 0 Å². The summed E-state index contributed by atoms with van der Waals surface area (Å²) in [5.41, 5.74) is 1.27. The van der Waals surface area contributed by atoms with Crippen LogP contribution in [0.25, 0.3) is 5.57 Å². The molecule has 0 saturated carbocycles. The van der Waals surface area contributed by atoms with Crippen LogP contribution in [-0.2, 0) is 9.53 Å². The Bertz CT molecular complexity index is 382. The van der Waals surface area contributed by atoms with E-state index in [0.29, 0.717) is 5.57 Å². The number of ether oxygens (including phenoxy) is 1. The minimum absolute atomic E-state index is 0.491. The van der Waals surface area contributed by atoms with Crippen molar-refractivity contribution in [3.63, 3.8) is 0 Å². The van der Waals surface area contributed by atoms with Crippen LogP contribution in [-0.4, -0.2) is 24.5 Å². The van der Waals surface area contributed by atoms with Gasteiger partial charge in [0.1, 0.15) is 0 Å². The number of nitrogens with zero attached hydrogens (tertiary/aromatic N) is 1. The van der Waals surface area contributed by atoms with Crippen molar-refractivity contribution in [2.45, 2.75) is 0 Å². The van der Waals surface area contributed by atoms with Gasteiger partial charge < -0.3 is 9.94 Å². The Morgan fingerprint density at radius 1 is 1.40 bits per heavy atom. The van der Waals surface area contributed by atoms with Crippen LogP contribution >= 0.6 is 0 Å². The molecule has 0 atom stereocenters. The van der Waals surface area contributed by atoms with Gasteiger partial charge in [-0.1, -0.05) is 35.5 Å². The summed E-state index contributed by atoms with van der Waals surface area (Å²) in [4.78, 5) is 11.0. The lowest BCUT2D eigenvalue weighted by Crippen LogP contribution is -1.97. The first kappa shape index (κ1) is 11.0. The van der Waals surface area contributed by atoms with E-state index in [9.17, 15) is 4.79 Å². The molecule has 0 bridgehead atoms. The number of rotatable bonds is 3. The molecule has 0 aliphatic carbocycles. The molecule has 4 heteroatoms. The molecule has 0 saturated heterocycles. The Hall–Kier alpha value is -2.10. The molecular formula is C11H11NO3. The largest absolute Gasteiger partial charge is 0.466 e. The van der Waals surface area contributed by atoms with Crippen LogP contribution in [0.3, 0.4) is 0 Å². The first-order valence-electron chi connectivity index (χ1n) is 4.30. The lowest BCUT2D eigenvalue weighted by Gasteiger charge is -2.00. The Kier molecular flexibility index (Phi) is 4.09. The third-order valence-corrected chi connectivity index (χ3v) is 1.78. The maximum atomic E-state index is 11.0. The molecule has 1 aromatic rings. The number of carbonyl (C=O) groups excluding carboxylic acids is 1. The third kappa shape index (κ3) is 3.27. The lowest BCUT2D eigenvalue weighted by atomic mass is 10.1. The van der Waals surface area contributed by atoms with Crippen molar-refractivity contribution in [2.24, 2.45) is 5.16 Å². The maximum absolute atomic E-state index is 11.0. The molecule has 78 valence electrons. The van der Waals surface area contributed by atoms with Gasteiger partial charge in [-0.25, -0.2) is 4.79 Å². The smallest absolute Gasteiger partial charge is 0.331 e. The summed E-state index contributed by atoms with van der Waals surface area (Å²) in [7, 11) is 1.29. The number of esters is 1. The lowest BCUT2D eigenvalue weighted by molar-refractivity contribution is -0.134. The van der Waals surface area contributed by atoms with Gasteiger partial charge in [-0.2, -0.15) is 0 Å². The van der Waals surface area contributed by atoms with E-state index < -0.39 is 5.97 Å². The predicted octanol–water partition coefficient (Wildman–Crippen LogP) is 1.70. The van der Waals surface area contributed by atoms with Crippen LogP contribution in [0, 0.1) is 0 Å². The molecule has 4 nitrogen and oxygen atoms in total. The highest BCUT2D eigenvalue weighted by molar-refractivity contribution is 6.14. The average Bonchev–Trinajstić information content (AvgIpc) is 2.29. The van der Waals surface area contributed by atoms with Gasteiger partial charge in [-0.3, -0.25) is 0 Å². The predicted molar refractivity (Wildman–Crippen MR) is 56.7 cm³/mol. The van der Waals surface area contributed by atoms with Gasteiger partial charge in [-0.15, -0.1) is 0 Å². The monoisotopic (exact) mass is 205 g/mol. The second-order valence-corrected chi connectivity index (χ2v) is 2.73. The van der Waals surface area contributed by atoms with Crippen molar-refractivity contribution < 1.29 is 14.7 Å². The molecule has 0 amide bonds. The first-order chi connectivity index (χ1) is 7.27. The summed E-state index contributed by atoms with van der Waals surface area (Å²) >= 11 is 0. The van der Waals surface area contributed by atoms with Gasteiger partial charge in [0.15, 0.2) is 0 Å². The Labute approximate surface area is 87.5 Å². The fourth-order valence-electron chi connectivity index (χ4n) is 1.07. The van der Waals surface area contributed by atoms with Crippen molar-refractivity contribution in [1.29, 1.82) is 0 Å². The zero-order chi connectivity index (χ0) is 11.1. The third-order valence-electron chi connectivity index (χ3n) is 1.78. The van der Waals surface area contributed by atoms with Crippen LogP contribution in [0.15, 0.2) is 41.6 Å². The van der Waals surface area contributed by atoms with E-state index in [1.165, 1.54) is 19.4 Å². The van der Waals surface area contributed by atoms with Crippen molar-refractivity contribution in [3.8, 4) is 0 Å². The zero-order valence-electron chi connectivity index (χ0n) is 8.25. The normalized spacial score (nSPS) is 11.7. The molecule has 0 heterocycles. The van der Waals surface area contributed by atoms with E-state index in [1.54, 1.807) is 12.1 Å². The van der Waals surface area contributed by atoms with E-state index in [1.807, 2.05) is 18.2 Å². The summed E-state index contributed by atoms with van der Waals surface area (Å²) < 4.78 is 4.49. The number of allylic oxidation sites excluding steroid dienone is 1. The molecule has 0 aliphatic heterocycles. The molecular weight excluding hydrogens is 194 g/mol. The summed E-state index contributed by atoms with van der Waals surface area (Å²) in [6.07, 6.45) is 2.45. The van der Waals surface area contributed by atoms with Gasteiger partial charge in [0, 0.05) is 11.6 Å². The standard InChI is InChI=1S/C11H11NO3/c1-15-11(13)7-10(8-12-14)9-5-3-2-4-6-9/h2-8,14H,1H3/b10-7-,12-8+. The quantitative estimate of drug-likeness (QED) is 0.268. The maximum Gasteiger partial charge on any atom is 0.331 e. The zero-order valence-corrected chi connectivity index (χ0v) is 8.25. The number of carbonyl (C=O) groups is 1. The second kappa shape index (κ2) is 5.59. The summed E-state index contributed by atoms with van der Waals surface area (Å²) in [5.74, 6) is -0.492. The highest BCUT2D eigenvalue weighted by atomic mass is 16.5. The SMILES string of the molecule is COC(=O)/C=C(/C=N/O)c1ccccc1. The van der Waals surface area contributed by atoms with Crippen LogP contribution < -0.4 is 0 Å². The second-order valence-electron chi connectivity index (χ2n) is 2.73. The molecule has 1 rings (SSSR count). The molecule has 0 aromatic heterocycles. The van der Waals surface area contributed by atoms with E-state index >= 15 is 0 Å². The Balaban J connectivity index is 3.04. The number of hydrogen-bond acceptors (Lipinski definition) is 4. The van der Waals surface area contributed by atoms with Crippen molar-refractivity contribution >= 4 is 17.8 Å². The van der Waals surface area contributed by atoms with Crippen molar-refractivity contribution in [3.05, 3.63) is 42.0 Å². The number of benzene rings is 1. The minimum Gasteiger partial charge on any atom is -0.466 e. The first-order valence-corrected chi connectivity index (χ1v) is 4.30. The average molecular weight is 205 g/mol. The van der Waals surface area contributed by atoms with E-state index in [4.69, 9.17) is 5.21 Å². The highest BCUT2D eigenvalue weighted by Crippen LogP contribution is 2.11. The topological polar surface area (TPSA) is 58.9 Å². The molecule has 0 spiro atoms. The molecule has 0 unspecified atom stereocenters. The molecule has 15 heavy (non-hydrogen) atoms. The highest BCUT2D eigenvalue weighted by Gasteiger charge is 2.02. The van der Waals surface area contributed by atoms with Gasteiger partial charge in [-0.05, 0) is 5.56 Å². The molecule has 0 aliphatic rings. The fourth-order valence-corrected chi connectivity index (χ4v) is 1.07.